The van der Waals surface area contributed by atoms with Gasteiger partial charge in [-0.15, -0.1) is 0 Å². The molecule has 114 valence electrons. The van der Waals surface area contributed by atoms with E-state index < -0.39 is 0 Å². The van der Waals surface area contributed by atoms with E-state index in [0.29, 0.717) is 13.2 Å². The summed E-state index contributed by atoms with van der Waals surface area (Å²) in [6, 6.07) is 2.41. The highest BCUT2D eigenvalue weighted by molar-refractivity contribution is 5.71. The smallest absolute Gasteiger partial charge is 0.320 e. The third-order valence-electron chi connectivity index (χ3n) is 3.31. The first kappa shape index (κ1) is 16.7. The molecule has 0 aliphatic carbocycles. The molecule has 20 heavy (non-hydrogen) atoms. The number of nitrogens with zero attached hydrogens (tertiary/aromatic N) is 3. The molecule has 0 fully saturated rings. The van der Waals surface area contributed by atoms with Crippen LogP contribution in [0, 0.1) is 0 Å². The van der Waals surface area contributed by atoms with Crippen LogP contribution in [0.1, 0.15) is 46.0 Å². The molecule has 0 radical (unpaired) electrons. The molecule has 0 atom stereocenters. The fourth-order valence-electron chi connectivity index (χ4n) is 2.09. The van der Waals surface area contributed by atoms with Crippen molar-refractivity contribution in [3.63, 3.8) is 0 Å². The summed E-state index contributed by atoms with van der Waals surface area (Å²) in [6.07, 6.45) is 0.930. The van der Waals surface area contributed by atoms with Crippen molar-refractivity contribution >= 4 is 5.97 Å². The lowest BCUT2D eigenvalue weighted by molar-refractivity contribution is -0.145. The van der Waals surface area contributed by atoms with Crippen molar-refractivity contribution < 1.29 is 9.53 Å². The second-order valence-electron chi connectivity index (χ2n) is 5.10. The quantitative estimate of drug-likeness (QED) is 0.686. The van der Waals surface area contributed by atoms with Crippen LogP contribution in [0.2, 0.25) is 0 Å². The number of ether oxygens (including phenoxy) is 1. The van der Waals surface area contributed by atoms with Gasteiger partial charge in [-0.3, -0.25) is 14.4 Å². The fourth-order valence-corrected chi connectivity index (χ4v) is 2.09. The Bertz CT molecular complexity index is 427. The van der Waals surface area contributed by atoms with Gasteiger partial charge in [-0.05, 0) is 40.2 Å². The van der Waals surface area contributed by atoms with Gasteiger partial charge in [0.2, 0.25) is 0 Å². The Morgan fingerprint density at radius 1 is 1.40 bits per heavy atom. The van der Waals surface area contributed by atoms with E-state index in [9.17, 15) is 4.79 Å². The minimum Gasteiger partial charge on any atom is -0.465 e. The van der Waals surface area contributed by atoms with Crippen LogP contribution in [0.25, 0.3) is 0 Å². The number of carbonyl (C=O) groups is 1. The summed E-state index contributed by atoms with van der Waals surface area (Å²) in [7, 11) is 0. The molecule has 0 saturated carbocycles. The number of hydrogen-bond donors (Lipinski definition) is 0. The number of hydrogen-bond acceptors (Lipinski definition) is 4. The highest BCUT2D eigenvalue weighted by atomic mass is 16.5. The molecule has 1 rings (SSSR count). The lowest BCUT2D eigenvalue weighted by Gasteiger charge is -2.25. The summed E-state index contributed by atoms with van der Waals surface area (Å²) in [4.78, 5) is 13.8. The minimum atomic E-state index is -0.167. The first-order valence-corrected chi connectivity index (χ1v) is 7.47. The summed E-state index contributed by atoms with van der Waals surface area (Å²) >= 11 is 0. The highest BCUT2D eigenvalue weighted by Crippen LogP contribution is 2.11. The van der Waals surface area contributed by atoms with Crippen molar-refractivity contribution in [1.29, 1.82) is 0 Å². The predicted octanol–water partition coefficient (Wildman–Crippen LogP) is 2.24. The number of aromatic nitrogens is 2. The summed E-state index contributed by atoms with van der Waals surface area (Å²) in [6.45, 7) is 12.5. The van der Waals surface area contributed by atoms with Gasteiger partial charge in [-0.25, -0.2) is 0 Å². The third-order valence-corrected chi connectivity index (χ3v) is 3.31. The van der Waals surface area contributed by atoms with E-state index in [1.165, 1.54) is 0 Å². The summed E-state index contributed by atoms with van der Waals surface area (Å²) in [5.74, 6) is -0.167. The van der Waals surface area contributed by atoms with Crippen molar-refractivity contribution in [3.05, 3.63) is 17.5 Å². The third kappa shape index (κ3) is 4.63. The summed E-state index contributed by atoms with van der Waals surface area (Å²) in [5.41, 5.74) is 2.25. The van der Waals surface area contributed by atoms with Crippen molar-refractivity contribution in [1.82, 2.24) is 14.7 Å². The lowest BCUT2D eigenvalue weighted by Crippen LogP contribution is -2.36. The van der Waals surface area contributed by atoms with Crippen molar-refractivity contribution in [2.24, 2.45) is 0 Å². The van der Waals surface area contributed by atoms with Crippen LogP contribution in [0.5, 0.6) is 0 Å². The second kappa shape index (κ2) is 8.04. The molecule has 5 heteroatoms. The molecule has 0 amide bonds. The molecule has 0 aliphatic heterocycles. The molecule has 0 spiro atoms. The lowest BCUT2D eigenvalue weighted by atomic mass is 10.2. The van der Waals surface area contributed by atoms with Gasteiger partial charge in [0.15, 0.2) is 0 Å². The highest BCUT2D eigenvalue weighted by Gasteiger charge is 2.17. The largest absolute Gasteiger partial charge is 0.465 e. The number of esters is 1. The Kier molecular flexibility index (Phi) is 6.71. The molecule has 1 aromatic rings. The van der Waals surface area contributed by atoms with E-state index in [1.807, 2.05) is 11.6 Å². The van der Waals surface area contributed by atoms with Gasteiger partial charge in [0.1, 0.15) is 0 Å². The maximum atomic E-state index is 11.7. The Balaban J connectivity index is 2.79. The normalized spacial score (nSPS) is 11.3. The van der Waals surface area contributed by atoms with Gasteiger partial charge in [0.25, 0.3) is 0 Å². The average molecular weight is 281 g/mol. The Hall–Kier alpha value is -1.36. The van der Waals surface area contributed by atoms with Crippen LogP contribution in [-0.4, -0.2) is 39.8 Å². The molecule has 0 unspecified atom stereocenters. The SMILES string of the molecule is CCOC(=O)CN(Cc1cc(CC)nn1CC)C(C)C. The maximum Gasteiger partial charge on any atom is 0.320 e. The molecule has 1 aromatic heterocycles. The Morgan fingerprint density at radius 3 is 2.60 bits per heavy atom. The molecule has 1 heterocycles. The predicted molar refractivity (Wildman–Crippen MR) is 79.5 cm³/mol. The van der Waals surface area contributed by atoms with E-state index in [0.717, 1.165) is 30.9 Å². The van der Waals surface area contributed by atoms with Gasteiger partial charge in [0.05, 0.1) is 24.5 Å². The molecule has 0 saturated heterocycles. The van der Waals surface area contributed by atoms with Crippen LogP contribution in [0.15, 0.2) is 6.07 Å². The zero-order valence-electron chi connectivity index (χ0n) is 13.3. The van der Waals surface area contributed by atoms with E-state index in [2.05, 4.69) is 43.8 Å². The van der Waals surface area contributed by atoms with E-state index >= 15 is 0 Å². The van der Waals surface area contributed by atoms with Gasteiger partial charge in [0, 0.05) is 19.1 Å². The van der Waals surface area contributed by atoms with E-state index in [-0.39, 0.29) is 12.0 Å². The molecular formula is C15H27N3O2. The van der Waals surface area contributed by atoms with Crippen LogP contribution < -0.4 is 0 Å². The fraction of sp³-hybridized carbons (Fsp3) is 0.733. The molecule has 0 bridgehead atoms. The minimum absolute atomic E-state index is 0.167. The van der Waals surface area contributed by atoms with Gasteiger partial charge in [-0.2, -0.15) is 5.10 Å². The molecule has 0 aliphatic rings. The number of aryl methyl sites for hydroxylation is 2. The first-order valence-electron chi connectivity index (χ1n) is 7.47. The van der Waals surface area contributed by atoms with Crippen LogP contribution in [0.3, 0.4) is 0 Å². The van der Waals surface area contributed by atoms with Crippen molar-refractivity contribution in [2.75, 3.05) is 13.2 Å². The van der Waals surface area contributed by atoms with E-state index in [1.54, 1.807) is 0 Å². The maximum absolute atomic E-state index is 11.7. The van der Waals surface area contributed by atoms with Gasteiger partial charge >= 0.3 is 5.97 Å². The zero-order valence-corrected chi connectivity index (χ0v) is 13.3. The molecule has 0 N–H and O–H groups in total. The average Bonchev–Trinajstić information content (AvgIpc) is 2.80. The monoisotopic (exact) mass is 281 g/mol. The number of rotatable bonds is 8. The standard InChI is InChI=1S/C15H27N3O2/c1-6-13-9-14(18(7-2)16-13)10-17(12(4)5)11-15(19)20-8-3/h9,12H,6-8,10-11H2,1-5H3. The van der Waals surface area contributed by atoms with E-state index in [4.69, 9.17) is 4.74 Å². The van der Waals surface area contributed by atoms with Gasteiger partial charge in [-0.1, -0.05) is 6.92 Å². The Morgan fingerprint density at radius 2 is 2.10 bits per heavy atom. The van der Waals surface area contributed by atoms with Crippen molar-refractivity contribution in [2.45, 2.75) is 60.2 Å². The molecular weight excluding hydrogens is 254 g/mol. The van der Waals surface area contributed by atoms with Crippen LogP contribution in [-0.2, 0) is 29.0 Å². The van der Waals surface area contributed by atoms with Crippen LogP contribution in [0.4, 0.5) is 0 Å². The Labute approximate surface area is 121 Å². The summed E-state index contributed by atoms with van der Waals surface area (Å²) < 4.78 is 7.05. The van der Waals surface area contributed by atoms with Gasteiger partial charge < -0.3 is 4.74 Å². The molecule has 5 nitrogen and oxygen atoms in total. The van der Waals surface area contributed by atoms with Crippen molar-refractivity contribution in [3.8, 4) is 0 Å². The summed E-state index contributed by atoms with van der Waals surface area (Å²) in [5, 5.41) is 4.55. The van der Waals surface area contributed by atoms with Crippen LogP contribution >= 0.6 is 0 Å². The second-order valence-corrected chi connectivity index (χ2v) is 5.10. The topological polar surface area (TPSA) is 47.4 Å². The zero-order chi connectivity index (χ0) is 15.1. The first-order chi connectivity index (χ1) is 9.51. The number of carbonyl (C=O) groups excluding carboxylic acids is 1. The molecule has 0 aromatic carbocycles.